The van der Waals surface area contributed by atoms with Crippen molar-refractivity contribution in [1.82, 2.24) is 5.43 Å². The number of ether oxygens (including phenoxy) is 2. The molecular weight excluding hydrogens is 408 g/mol. The molecule has 1 fully saturated rings. The van der Waals surface area contributed by atoms with Gasteiger partial charge < -0.3 is 14.6 Å². The van der Waals surface area contributed by atoms with Crippen molar-refractivity contribution in [3.8, 4) is 5.75 Å². The van der Waals surface area contributed by atoms with Crippen LogP contribution in [-0.4, -0.2) is 36.2 Å². The van der Waals surface area contributed by atoms with E-state index >= 15 is 0 Å². The number of hydrazone groups is 1. The summed E-state index contributed by atoms with van der Waals surface area (Å²) in [5.41, 5.74) is 3.13. The van der Waals surface area contributed by atoms with Gasteiger partial charge in [-0.1, -0.05) is 0 Å². The molecule has 0 saturated carbocycles. The minimum atomic E-state index is -0.871. The van der Waals surface area contributed by atoms with E-state index in [2.05, 4.69) is 42.4 Å². The summed E-state index contributed by atoms with van der Waals surface area (Å²) in [5.74, 6) is -1.06. The van der Waals surface area contributed by atoms with Gasteiger partial charge in [0.15, 0.2) is 5.79 Å². The third-order valence-corrected chi connectivity index (χ3v) is 4.03. The second-order valence-corrected chi connectivity index (χ2v) is 6.34. The van der Waals surface area contributed by atoms with Gasteiger partial charge in [-0.2, -0.15) is 5.10 Å². The number of phenols is 1. The van der Waals surface area contributed by atoms with E-state index in [9.17, 15) is 9.90 Å². The first-order chi connectivity index (χ1) is 9.89. The Morgan fingerprint density at radius 3 is 2.57 bits per heavy atom. The lowest BCUT2D eigenvalue weighted by atomic mass is 10.2. The number of halogens is 2. The Hall–Kier alpha value is -0.960. The lowest BCUT2D eigenvalue weighted by molar-refractivity contribution is -0.159. The van der Waals surface area contributed by atoms with Crippen molar-refractivity contribution in [2.75, 3.05) is 13.2 Å². The number of hydrogen-bond donors (Lipinski definition) is 2. The normalized spacial score (nSPS) is 17.3. The smallest absolute Gasteiger partial charge is 0.245 e. The standard InChI is InChI=1S/C13H14Br2N2O4/c1-13(20-2-3-21-13)6-11(18)17-16-7-8-4-9(14)12(19)10(15)5-8/h4-5,7,19H,2-3,6H2,1H3,(H,17,18)/b16-7-. The van der Waals surface area contributed by atoms with E-state index in [1.54, 1.807) is 19.1 Å². The molecule has 0 spiro atoms. The monoisotopic (exact) mass is 420 g/mol. The highest BCUT2D eigenvalue weighted by molar-refractivity contribution is 9.11. The van der Waals surface area contributed by atoms with Crippen molar-refractivity contribution in [2.24, 2.45) is 5.10 Å². The first-order valence-corrected chi connectivity index (χ1v) is 7.76. The van der Waals surface area contributed by atoms with Crippen LogP contribution in [0.25, 0.3) is 0 Å². The Bertz CT molecular complexity index is 548. The molecule has 0 aromatic heterocycles. The van der Waals surface area contributed by atoms with Gasteiger partial charge in [-0.05, 0) is 56.5 Å². The number of aromatic hydroxyl groups is 1. The van der Waals surface area contributed by atoms with Crippen LogP contribution in [0.5, 0.6) is 5.75 Å². The van der Waals surface area contributed by atoms with Gasteiger partial charge in [0.1, 0.15) is 5.75 Å². The molecule has 6 nitrogen and oxygen atoms in total. The van der Waals surface area contributed by atoms with Crippen LogP contribution in [-0.2, 0) is 14.3 Å². The molecule has 114 valence electrons. The summed E-state index contributed by atoms with van der Waals surface area (Å²) < 4.78 is 11.8. The zero-order valence-electron chi connectivity index (χ0n) is 11.2. The molecule has 0 unspecified atom stereocenters. The van der Waals surface area contributed by atoms with E-state index in [0.717, 1.165) is 0 Å². The molecule has 0 aliphatic carbocycles. The molecular formula is C13H14Br2N2O4. The molecule has 2 rings (SSSR count). The van der Waals surface area contributed by atoms with E-state index in [1.807, 2.05) is 0 Å². The fourth-order valence-electron chi connectivity index (χ4n) is 1.83. The van der Waals surface area contributed by atoms with Crippen LogP contribution in [0.4, 0.5) is 0 Å². The quantitative estimate of drug-likeness (QED) is 0.578. The zero-order valence-corrected chi connectivity index (χ0v) is 14.4. The number of carbonyl (C=O) groups excluding carboxylic acids is 1. The Balaban J connectivity index is 1.91. The van der Waals surface area contributed by atoms with Crippen LogP contribution in [0.3, 0.4) is 0 Å². The van der Waals surface area contributed by atoms with Gasteiger partial charge in [0.25, 0.3) is 0 Å². The second-order valence-electron chi connectivity index (χ2n) is 4.63. The van der Waals surface area contributed by atoms with Crippen molar-refractivity contribution in [3.05, 3.63) is 26.6 Å². The third-order valence-electron chi connectivity index (χ3n) is 2.82. The molecule has 1 aromatic carbocycles. The summed E-state index contributed by atoms with van der Waals surface area (Å²) in [7, 11) is 0. The average molecular weight is 422 g/mol. The number of rotatable bonds is 4. The molecule has 1 amide bonds. The molecule has 2 N–H and O–H groups in total. The number of nitrogens with zero attached hydrogens (tertiary/aromatic N) is 1. The summed E-state index contributed by atoms with van der Waals surface area (Å²) in [6, 6.07) is 3.36. The van der Waals surface area contributed by atoms with Crippen LogP contribution < -0.4 is 5.43 Å². The summed E-state index contributed by atoms with van der Waals surface area (Å²) in [4.78, 5) is 11.7. The highest BCUT2D eigenvalue weighted by atomic mass is 79.9. The number of nitrogens with one attached hydrogen (secondary N) is 1. The van der Waals surface area contributed by atoms with Gasteiger partial charge in [0.2, 0.25) is 5.91 Å². The van der Waals surface area contributed by atoms with Crippen LogP contribution in [0.2, 0.25) is 0 Å². The molecule has 21 heavy (non-hydrogen) atoms. The molecule has 1 saturated heterocycles. The average Bonchev–Trinajstić information content (AvgIpc) is 2.82. The molecule has 8 heteroatoms. The zero-order chi connectivity index (χ0) is 15.5. The molecule has 0 radical (unpaired) electrons. The van der Waals surface area contributed by atoms with Crippen molar-refractivity contribution in [1.29, 1.82) is 0 Å². The summed E-state index contributed by atoms with van der Waals surface area (Å²) >= 11 is 6.44. The lowest BCUT2D eigenvalue weighted by Crippen LogP contribution is -2.33. The predicted octanol–water partition coefficient (Wildman–Crippen LogP) is 2.52. The Morgan fingerprint density at radius 1 is 1.43 bits per heavy atom. The third kappa shape index (κ3) is 4.50. The van der Waals surface area contributed by atoms with Gasteiger partial charge in [-0.15, -0.1) is 0 Å². The minimum Gasteiger partial charge on any atom is -0.506 e. The molecule has 0 bridgehead atoms. The molecule has 1 aliphatic heterocycles. The summed E-state index contributed by atoms with van der Waals surface area (Å²) in [6.07, 6.45) is 1.55. The SMILES string of the molecule is CC1(CC(=O)N/N=C\c2cc(Br)c(O)c(Br)c2)OCCO1. The Morgan fingerprint density at radius 2 is 2.00 bits per heavy atom. The van der Waals surface area contributed by atoms with Crippen LogP contribution in [0.15, 0.2) is 26.2 Å². The first kappa shape index (κ1) is 16.4. The van der Waals surface area contributed by atoms with Gasteiger partial charge in [-0.25, -0.2) is 5.43 Å². The molecule has 1 heterocycles. The lowest BCUT2D eigenvalue weighted by Gasteiger charge is -2.20. The number of hydrogen-bond acceptors (Lipinski definition) is 5. The predicted molar refractivity (Wildman–Crippen MR) is 84.2 cm³/mol. The number of benzene rings is 1. The molecule has 1 aliphatic rings. The summed E-state index contributed by atoms with van der Waals surface area (Å²) in [6.45, 7) is 2.70. The highest BCUT2D eigenvalue weighted by Crippen LogP contribution is 2.32. The number of amides is 1. The van der Waals surface area contributed by atoms with Crippen molar-refractivity contribution < 1.29 is 19.4 Å². The van der Waals surface area contributed by atoms with Crippen molar-refractivity contribution in [3.63, 3.8) is 0 Å². The minimum absolute atomic E-state index is 0.0767. The van der Waals surface area contributed by atoms with Gasteiger partial charge in [0, 0.05) is 0 Å². The van der Waals surface area contributed by atoms with E-state index in [4.69, 9.17) is 9.47 Å². The van der Waals surface area contributed by atoms with Crippen LogP contribution >= 0.6 is 31.9 Å². The molecule has 0 atom stereocenters. The second kappa shape index (κ2) is 6.87. The van der Waals surface area contributed by atoms with Gasteiger partial charge >= 0.3 is 0 Å². The van der Waals surface area contributed by atoms with Crippen molar-refractivity contribution in [2.45, 2.75) is 19.1 Å². The van der Waals surface area contributed by atoms with E-state index in [0.29, 0.717) is 27.7 Å². The van der Waals surface area contributed by atoms with Crippen LogP contribution in [0, 0.1) is 0 Å². The Kier molecular flexibility index (Phi) is 5.37. The maximum Gasteiger partial charge on any atom is 0.245 e. The molecule has 1 aromatic rings. The maximum absolute atomic E-state index is 11.7. The Labute approximate surface area is 138 Å². The summed E-state index contributed by atoms with van der Waals surface area (Å²) in [5, 5.41) is 13.5. The topological polar surface area (TPSA) is 80.2 Å². The number of phenolic OH excluding ortho intramolecular Hbond substituents is 1. The van der Waals surface area contributed by atoms with E-state index in [1.165, 1.54) is 6.21 Å². The van der Waals surface area contributed by atoms with Crippen molar-refractivity contribution >= 4 is 44.0 Å². The van der Waals surface area contributed by atoms with E-state index in [-0.39, 0.29) is 18.1 Å². The van der Waals surface area contributed by atoms with Crippen LogP contribution in [0.1, 0.15) is 18.9 Å². The number of carbonyl (C=O) groups is 1. The fraction of sp³-hybridized carbons (Fsp3) is 0.385. The van der Waals surface area contributed by atoms with E-state index < -0.39 is 5.79 Å². The maximum atomic E-state index is 11.7. The van der Waals surface area contributed by atoms with Gasteiger partial charge in [-0.3, -0.25) is 4.79 Å². The van der Waals surface area contributed by atoms with Gasteiger partial charge in [0.05, 0.1) is 34.8 Å². The highest BCUT2D eigenvalue weighted by Gasteiger charge is 2.33. The fourth-order valence-corrected chi connectivity index (χ4v) is 3.05. The largest absolute Gasteiger partial charge is 0.506 e. The first-order valence-electron chi connectivity index (χ1n) is 6.17.